The van der Waals surface area contributed by atoms with E-state index in [0.717, 1.165) is 5.56 Å². The minimum Gasteiger partial charge on any atom is -0.356 e. The van der Waals surface area contributed by atoms with Gasteiger partial charge in [0.25, 0.3) is 0 Å². The number of hydrogen-bond donors (Lipinski definition) is 2. The van der Waals surface area contributed by atoms with Gasteiger partial charge in [0, 0.05) is 38.5 Å². The first-order valence-electron chi connectivity index (χ1n) is 10.7. The average Bonchev–Trinajstić information content (AvgIpc) is 2.83. The van der Waals surface area contributed by atoms with Gasteiger partial charge in [-0.05, 0) is 49.1 Å². The Bertz CT molecular complexity index is 1010. The summed E-state index contributed by atoms with van der Waals surface area (Å²) in [6, 6.07) is 14.0. The number of nitrogens with zero attached hydrogens (tertiary/aromatic N) is 1. The fourth-order valence-corrected chi connectivity index (χ4v) is 5.15. The normalized spacial score (nSPS) is 18.9. The van der Waals surface area contributed by atoms with E-state index in [1.165, 1.54) is 28.6 Å². The molecular formula is C23H28FN3O4S. The van der Waals surface area contributed by atoms with Crippen LogP contribution in [-0.4, -0.2) is 44.2 Å². The van der Waals surface area contributed by atoms with Crippen molar-refractivity contribution in [3.8, 4) is 0 Å². The molecule has 1 fully saturated rings. The minimum absolute atomic E-state index is 0.0630. The SMILES string of the molecule is O=C1CCN(S(=O)(=O)c2ccccc2)CCCC(C(=O)NCc2ccc(F)cc2)CCN1. The number of carbonyl (C=O) groups is 2. The lowest BCUT2D eigenvalue weighted by atomic mass is 9.98. The third-order valence-corrected chi connectivity index (χ3v) is 7.41. The summed E-state index contributed by atoms with van der Waals surface area (Å²) in [5.74, 6) is -1.12. The van der Waals surface area contributed by atoms with Gasteiger partial charge in [0.1, 0.15) is 5.82 Å². The topological polar surface area (TPSA) is 95.6 Å². The third-order valence-electron chi connectivity index (χ3n) is 5.50. The maximum Gasteiger partial charge on any atom is 0.243 e. The van der Waals surface area contributed by atoms with Gasteiger partial charge in [-0.15, -0.1) is 0 Å². The Morgan fingerprint density at radius 2 is 1.78 bits per heavy atom. The molecule has 9 heteroatoms. The third kappa shape index (κ3) is 6.61. The van der Waals surface area contributed by atoms with Crippen molar-refractivity contribution in [2.24, 2.45) is 5.92 Å². The molecule has 0 bridgehead atoms. The minimum atomic E-state index is -3.73. The van der Waals surface area contributed by atoms with E-state index >= 15 is 0 Å². The number of sulfonamides is 1. The molecule has 32 heavy (non-hydrogen) atoms. The zero-order valence-corrected chi connectivity index (χ0v) is 18.6. The molecule has 2 aromatic carbocycles. The maximum absolute atomic E-state index is 13.1. The van der Waals surface area contributed by atoms with Gasteiger partial charge in [-0.3, -0.25) is 9.59 Å². The Hall–Kier alpha value is -2.78. The summed E-state index contributed by atoms with van der Waals surface area (Å²) in [5, 5.41) is 5.64. The van der Waals surface area contributed by atoms with Crippen LogP contribution >= 0.6 is 0 Å². The van der Waals surface area contributed by atoms with E-state index in [1.54, 1.807) is 30.3 Å². The predicted octanol–water partition coefficient (Wildman–Crippen LogP) is 2.44. The highest BCUT2D eigenvalue weighted by Gasteiger charge is 2.26. The van der Waals surface area contributed by atoms with Gasteiger partial charge in [-0.1, -0.05) is 30.3 Å². The van der Waals surface area contributed by atoms with Gasteiger partial charge in [0.05, 0.1) is 4.90 Å². The number of nitrogens with one attached hydrogen (secondary N) is 2. The predicted molar refractivity (Wildman–Crippen MR) is 118 cm³/mol. The molecule has 0 aromatic heterocycles. The number of carbonyl (C=O) groups excluding carboxylic acids is 2. The smallest absolute Gasteiger partial charge is 0.243 e. The quantitative estimate of drug-likeness (QED) is 0.715. The first-order valence-corrected chi connectivity index (χ1v) is 12.1. The van der Waals surface area contributed by atoms with Crippen molar-refractivity contribution in [1.29, 1.82) is 0 Å². The molecular weight excluding hydrogens is 433 g/mol. The van der Waals surface area contributed by atoms with E-state index < -0.39 is 10.0 Å². The van der Waals surface area contributed by atoms with Crippen LogP contribution in [0, 0.1) is 11.7 Å². The first kappa shape index (κ1) is 23.9. The highest BCUT2D eigenvalue weighted by Crippen LogP contribution is 2.19. The average molecular weight is 462 g/mol. The summed E-state index contributed by atoms with van der Waals surface area (Å²) in [7, 11) is -3.73. The molecule has 1 saturated heterocycles. The van der Waals surface area contributed by atoms with Crippen molar-refractivity contribution < 1.29 is 22.4 Å². The van der Waals surface area contributed by atoms with E-state index in [-0.39, 0.29) is 54.5 Å². The van der Waals surface area contributed by atoms with Crippen LogP contribution < -0.4 is 10.6 Å². The second-order valence-electron chi connectivity index (χ2n) is 7.79. The van der Waals surface area contributed by atoms with Crippen LogP contribution in [0.15, 0.2) is 59.5 Å². The van der Waals surface area contributed by atoms with Crippen molar-refractivity contribution in [3.63, 3.8) is 0 Å². The summed E-state index contributed by atoms with van der Waals surface area (Å²) >= 11 is 0. The largest absolute Gasteiger partial charge is 0.356 e. The van der Waals surface area contributed by atoms with Gasteiger partial charge in [-0.25, -0.2) is 12.8 Å². The molecule has 1 aliphatic rings. The summed E-state index contributed by atoms with van der Waals surface area (Å²) in [5.41, 5.74) is 0.782. The molecule has 2 amide bonds. The van der Waals surface area contributed by atoms with Gasteiger partial charge in [0.15, 0.2) is 0 Å². The van der Waals surface area contributed by atoms with Crippen LogP contribution in [0.1, 0.15) is 31.2 Å². The molecule has 1 heterocycles. The Balaban J connectivity index is 1.65. The highest BCUT2D eigenvalue weighted by atomic mass is 32.2. The molecule has 7 nitrogen and oxygen atoms in total. The van der Waals surface area contributed by atoms with Crippen molar-refractivity contribution in [2.75, 3.05) is 19.6 Å². The zero-order valence-electron chi connectivity index (χ0n) is 17.8. The molecule has 0 aliphatic carbocycles. The van der Waals surface area contributed by atoms with E-state index in [1.807, 2.05) is 0 Å². The molecule has 1 unspecified atom stereocenters. The Kier molecular flexibility index (Phi) is 8.35. The molecule has 0 spiro atoms. The van der Waals surface area contributed by atoms with Crippen molar-refractivity contribution in [2.45, 2.75) is 37.1 Å². The molecule has 3 rings (SSSR count). The van der Waals surface area contributed by atoms with Crippen LogP contribution in [0.5, 0.6) is 0 Å². The summed E-state index contributed by atoms with van der Waals surface area (Å²) < 4.78 is 40.4. The van der Waals surface area contributed by atoms with Crippen LogP contribution in [0.25, 0.3) is 0 Å². The molecule has 2 aromatic rings. The monoisotopic (exact) mass is 461 g/mol. The molecule has 1 atom stereocenters. The van der Waals surface area contributed by atoms with Gasteiger partial charge in [-0.2, -0.15) is 4.31 Å². The van der Waals surface area contributed by atoms with Gasteiger partial charge < -0.3 is 10.6 Å². The number of hydrogen-bond acceptors (Lipinski definition) is 4. The van der Waals surface area contributed by atoms with Crippen molar-refractivity contribution >= 4 is 21.8 Å². The van der Waals surface area contributed by atoms with Crippen molar-refractivity contribution in [1.82, 2.24) is 14.9 Å². The number of halogens is 1. The van der Waals surface area contributed by atoms with Crippen LogP contribution in [0.2, 0.25) is 0 Å². The van der Waals surface area contributed by atoms with Gasteiger partial charge in [0.2, 0.25) is 21.8 Å². The maximum atomic E-state index is 13.1. The number of rotatable bonds is 5. The van der Waals surface area contributed by atoms with Gasteiger partial charge >= 0.3 is 0 Å². The lowest BCUT2D eigenvalue weighted by molar-refractivity contribution is -0.126. The van der Waals surface area contributed by atoms with Crippen LogP contribution in [-0.2, 0) is 26.2 Å². The fourth-order valence-electron chi connectivity index (χ4n) is 3.65. The Labute approximate surface area is 188 Å². The molecule has 1 aliphatic heterocycles. The summed E-state index contributed by atoms with van der Waals surface area (Å²) in [6.07, 6.45) is 1.51. The standard InChI is InChI=1S/C23H28FN3O4S/c24-20-10-8-18(9-11-20)17-26-23(29)19-5-4-15-27(16-13-22(28)25-14-12-19)32(30,31)21-6-2-1-3-7-21/h1-3,6-11,19H,4-5,12-17H2,(H,25,28)(H,26,29). The summed E-state index contributed by atoms with van der Waals surface area (Å²) in [4.78, 5) is 25.1. The van der Waals surface area contributed by atoms with Crippen LogP contribution in [0.3, 0.4) is 0 Å². The lowest BCUT2D eigenvalue weighted by Gasteiger charge is -2.22. The lowest BCUT2D eigenvalue weighted by Crippen LogP contribution is -2.35. The second-order valence-corrected chi connectivity index (χ2v) is 9.73. The molecule has 0 saturated carbocycles. The second kappa shape index (κ2) is 11.2. The van der Waals surface area contributed by atoms with E-state index in [0.29, 0.717) is 25.8 Å². The highest BCUT2D eigenvalue weighted by molar-refractivity contribution is 7.89. The first-order chi connectivity index (χ1) is 15.4. The number of amides is 2. The van der Waals surface area contributed by atoms with Crippen molar-refractivity contribution in [3.05, 3.63) is 66.0 Å². The Morgan fingerprint density at radius 3 is 2.50 bits per heavy atom. The van der Waals surface area contributed by atoms with E-state index in [4.69, 9.17) is 0 Å². The summed E-state index contributed by atoms with van der Waals surface area (Å²) in [6.45, 7) is 0.937. The molecule has 2 N–H and O–H groups in total. The zero-order chi connectivity index (χ0) is 23.0. The fraction of sp³-hybridized carbons (Fsp3) is 0.391. The van der Waals surface area contributed by atoms with E-state index in [2.05, 4.69) is 10.6 Å². The van der Waals surface area contributed by atoms with E-state index in [9.17, 15) is 22.4 Å². The van der Waals surface area contributed by atoms with Crippen LogP contribution in [0.4, 0.5) is 4.39 Å². The number of benzene rings is 2. The molecule has 0 radical (unpaired) electrons. The molecule has 172 valence electrons. The Morgan fingerprint density at radius 1 is 1.06 bits per heavy atom.